The van der Waals surface area contributed by atoms with Crippen LogP contribution in [-0.4, -0.2) is 35.9 Å². The van der Waals surface area contributed by atoms with Crippen LogP contribution in [0.25, 0.3) is 11.1 Å². The summed E-state index contributed by atoms with van der Waals surface area (Å²) in [5.74, 6) is -1.35. The van der Waals surface area contributed by atoms with Gasteiger partial charge < -0.3 is 20.8 Å². The highest BCUT2D eigenvalue weighted by Crippen LogP contribution is 2.36. The lowest BCUT2D eigenvalue weighted by atomic mass is 9.94. The molecular weight excluding hydrogens is 552 g/mol. The Morgan fingerprint density at radius 3 is 2.66 bits per heavy atom. The summed E-state index contributed by atoms with van der Waals surface area (Å²) < 4.78 is 34.6. The monoisotopic (exact) mass is 583 g/mol. The number of amides is 1. The quantitative estimate of drug-likeness (QED) is 0.255. The number of halogens is 3. The number of anilines is 1. The topological polar surface area (TPSA) is 130 Å². The van der Waals surface area contributed by atoms with Gasteiger partial charge in [0.1, 0.15) is 17.4 Å². The van der Waals surface area contributed by atoms with E-state index in [1.165, 1.54) is 12.1 Å². The fourth-order valence-corrected chi connectivity index (χ4v) is 4.83. The van der Waals surface area contributed by atoms with E-state index < -0.39 is 17.9 Å². The zero-order valence-corrected chi connectivity index (χ0v) is 24.2. The molecule has 5 N–H and O–H groups in total. The van der Waals surface area contributed by atoms with Crippen molar-refractivity contribution in [1.82, 2.24) is 15.6 Å². The Morgan fingerprint density at radius 2 is 2.00 bits per heavy atom. The van der Waals surface area contributed by atoms with Crippen molar-refractivity contribution < 1.29 is 18.0 Å². The first-order valence-electron chi connectivity index (χ1n) is 13.1. The normalized spacial score (nSPS) is 16.3. The van der Waals surface area contributed by atoms with E-state index in [1.807, 2.05) is 19.9 Å². The molecule has 0 fully saturated rings. The van der Waals surface area contributed by atoms with E-state index in [9.17, 15) is 13.6 Å². The van der Waals surface area contributed by atoms with Gasteiger partial charge in [-0.25, -0.2) is 9.38 Å². The lowest BCUT2D eigenvalue weighted by molar-refractivity contribution is -0.117. The summed E-state index contributed by atoms with van der Waals surface area (Å²) in [5.41, 5.74) is 9.67. The molecule has 2 aromatic carbocycles. The van der Waals surface area contributed by atoms with Crippen molar-refractivity contribution in [3.8, 4) is 0 Å². The number of carbonyl (C=O) groups is 1. The maximum Gasteiger partial charge on any atom is 0.302 e. The summed E-state index contributed by atoms with van der Waals surface area (Å²) in [6, 6.07) is 7.60. The van der Waals surface area contributed by atoms with Crippen molar-refractivity contribution in [2.75, 3.05) is 18.4 Å². The summed E-state index contributed by atoms with van der Waals surface area (Å²) in [6.07, 6.45) is 0.431. The lowest BCUT2D eigenvalue weighted by Crippen LogP contribution is -2.40. The highest BCUT2D eigenvalue weighted by molar-refractivity contribution is 6.31. The van der Waals surface area contributed by atoms with Crippen molar-refractivity contribution in [2.45, 2.75) is 47.1 Å². The first-order valence-corrected chi connectivity index (χ1v) is 13.5. The van der Waals surface area contributed by atoms with Crippen LogP contribution in [0, 0.1) is 12.7 Å². The van der Waals surface area contributed by atoms with Gasteiger partial charge in [-0.3, -0.25) is 15.1 Å². The molecule has 0 spiro atoms. The fraction of sp³-hybridized carbons (Fsp3) is 0.310. The highest BCUT2D eigenvalue weighted by Gasteiger charge is 2.31. The molecule has 0 saturated carbocycles. The number of rotatable bonds is 8. The van der Waals surface area contributed by atoms with Crippen molar-refractivity contribution in [3.63, 3.8) is 0 Å². The Bertz CT molecular complexity index is 1620. The molecule has 0 aliphatic carbocycles. The van der Waals surface area contributed by atoms with E-state index in [1.54, 1.807) is 32.9 Å². The number of hydrogen-bond acceptors (Lipinski definition) is 8. The Morgan fingerprint density at radius 1 is 1.24 bits per heavy atom. The summed E-state index contributed by atoms with van der Waals surface area (Å²) in [4.78, 5) is 26.4. The van der Waals surface area contributed by atoms with Gasteiger partial charge in [0.25, 0.3) is 5.91 Å². The smallest absolute Gasteiger partial charge is 0.302 e. The number of benzene rings is 2. The molecule has 0 saturated heterocycles. The average Bonchev–Trinajstić information content (AvgIpc) is 3.30. The predicted octanol–water partition coefficient (Wildman–Crippen LogP) is 5.61. The van der Waals surface area contributed by atoms with E-state index in [2.05, 4.69) is 25.9 Å². The minimum Gasteiger partial charge on any atom is -0.423 e. The third-order valence-electron chi connectivity index (χ3n) is 6.57. The number of nitrogens with one attached hydrogen (secondary N) is 3. The zero-order valence-electron chi connectivity index (χ0n) is 23.5. The second-order valence-electron chi connectivity index (χ2n) is 9.55. The number of carbonyl (C=O) groups excluding carboxylic acids is 1. The minimum absolute atomic E-state index is 0.0943. The van der Waals surface area contributed by atoms with Crippen molar-refractivity contribution >= 4 is 46.5 Å². The van der Waals surface area contributed by atoms with Crippen molar-refractivity contribution in [2.24, 2.45) is 15.7 Å². The van der Waals surface area contributed by atoms with Crippen LogP contribution in [0.5, 0.6) is 0 Å². The van der Waals surface area contributed by atoms with E-state index in [-0.39, 0.29) is 47.7 Å². The van der Waals surface area contributed by atoms with Crippen LogP contribution in [0.4, 0.5) is 14.8 Å². The zero-order chi connectivity index (χ0) is 29.8. The second kappa shape index (κ2) is 12.5. The Hall–Kier alpha value is -4.25. The summed E-state index contributed by atoms with van der Waals surface area (Å²) >= 11 is 6.62. The molecule has 0 bridgehead atoms. The van der Waals surface area contributed by atoms with Gasteiger partial charge in [0, 0.05) is 46.2 Å². The first-order chi connectivity index (χ1) is 19.5. The molecule has 1 atom stereocenters. The number of aliphatic imine (C=N–C) groups is 2. The standard InChI is InChI=1S/C29H32ClF2N7O2/c1-6-17-21(31)10-11-22-25(17)41-29(37-22)39-28-36-16(5)23(24(38-28)18-9-8-14(3)12-20(18)30)27(40)35-13-19(15(4)33)26(32)34-7-2/h8-12,24H,6-7,13,33H2,1-5H3,(H,35,40)(H2,36,37,38,39). The van der Waals surface area contributed by atoms with Gasteiger partial charge in [-0.15, -0.1) is 0 Å². The molecule has 1 aromatic heterocycles. The van der Waals surface area contributed by atoms with Crippen LogP contribution in [-0.2, 0) is 11.2 Å². The number of aromatic nitrogens is 1. The lowest BCUT2D eigenvalue weighted by Gasteiger charge is -2.27. The molecule has 41 heavy (non-hydrogen) atoms. The maximum absolute atomic E-state index is 14.5. The van der Waals surface area contributed by atoms with Crippen LogP contribution in [0.1, 0.15) is 50.4 Å². The number of nitrogens with two attached hydrogens (primary N) is 1. The van der Waals surface area contributed by atoms with Gasteiger partial charge >= 0.3 is 6.01 Å². The molecule has 9 nitrogen and oxygen atoms in total. The highest BCUT2D eigenvalue weighted by atomic mass is 35.5. The predicted molar refractivity (Wildman–Crippen MR) is 158 cm³/mol. The molecule has 12 heteroatoms. The molecule has 3 aromatic rings. The van der Waals surface area contributed by atoms with E-state index in [0.29, 0.717) is 39.4 Å². The first kappa shape index (κ1) is 29.7. The summed E-state index contributed by atoms with van der Waals surface area (Å²) in [7, 11) is 0. The number of nitrogens with zero attached hydrogens (tertiary/aromatic N) is 3. The number of aryl methyl sites for hydroxylation is 2. The fourth-order valence-electron chi connectivity index (χ4n) is 4.49. The third kappa shape index (κ3) is 6.40. The van der Waals surface area contributed by atoms with Crippen LogP contribution < -0.4 is 21.7 Å². The minimum atomic E-state index is -0.833. The van der Waals surface area contributed by atoms with Gasteiger partial charge in [-0.05, 0) is 57.9 Å². The molecule has 216 valence electrons. The van der Waals surface area contributed by atoms with Gasteiger partial charge in [0.05, 0.1) is 5.57 Å². The Balaban J connectivity index is 1.68. The molecule has 0 radical (unpaired) electrons. The van der Waals surface area contributed by atoms with E-state index >= 15 is 0 Å². The summed E-state index contributed by atoms with van der Waals surface area (Å²) in [5, 5.41) is 9.23. The number of allylic oxidation sites excluding steroid dienone is 2. The van der Waals surface area contributed by atoms with E-state index in [4.69, 9.17) is 26.7 Å². The molecule has 1 aliphatic rings. The van der Waals surface area contributed by atoms with Crippen LogP contribution >= 0.6 is 11.6 Å². The Labute approximate surface area is 241 Å². The molecule has 1 aliphatic heterocycles. The molecule has 1 unspecified atom stereocenters. The molecule has 1 amide bonds. The summed E-state index contributed by atoms with van der Waals surface area (Å²) in [6.45, 7) is 8.74. The third-order valence-corrected chi connectivity index (χ3v) is 6.89. The van der Waals surface area contributed by atoms with Gasteiger partial charge in [-0.2, -0.15) is 9.37 Å². The number of guanidine groups is 1. The molecular formula is C29H32ClF2N7O2. The van der Waals surface area contributed by atoms with Crippen LogP contribution in [0.2, 0.25) is 5.02 Å². The van der Waals surface area contributed by atoms with Gasteiger partial charge in [-0.1, -0.05) is 30.7 Å². The average molecular weight is 584 g/mol. The Kier molecular flexibility index (Phi) is 9.07. The molecule has 4 rings (SSSR count). The van der Waals surface area contributed by atoms with Crippen molar-refractivity contribution in [1.29, 1.82) is 0 Å². The van der Waals surface area contributed by atoms with Gasteiger partial charge in [0.2, 0.25) is 11.9 Å². The van der Waals surface area contributed by atoms with Crippen LogP contribution in [0.15, 0.2) is 67.3 Å². The SMILES string of the molecule is CCN=C(F)C(CNC(=O)C1=C(C)NC(Nc2nc3ccc(F)c(CC)c3o2)=NC1c1ccc(C)cc1Cl)=C(C)N. The second-order valence-corrected chi connectivity index (χ2v) is 9.96. The number of fused-ring (bicyclic) bond motifs is 1. The van der Waals surface area contributed by atoms with Crippen LogP contribution in [0.3, 0.4) is 0 Å². The number of hydrogen-bond donors (Lipinski definition) is 4. The maximum atomic E-state index is 14.5. The van der Waals surface area contributed by atoms with Crippen molar-refractivity contribution in [3.05, 3.63) is 80.4 Å². The van der Waals surface area contributed by atoms with E-state index in [0.717, 1.165) is 5.56 Å². The van der Waals surface area contributed by atoms with Gasteiger partial charge in [0.15, 0.2) is 5.58 Å². The largest absolute Gasteiger partial charge is 0.423 e. The molecule has 2 heterocycles. The number of oxazole rings is 1.